The van der Waals surface area contributed by atoms with Gasteiger partial charge in [-0.25, -0.2) is 0 Å². The number of aliphatic carboxylic acids is 1. The molecule has 1 aliphatic rings. The van der Waals surface area contributed by atoms with E-state index in [4.69, 9.17) is 5.11 Å². The Labute approximate surface area is 76.2 Å². The maximum Gasteiger partial charge on any atom is 0.308 e. The smallest absolute Gasteiger partial charge is 0.308 e. The maximum atomic E-state index is 10.7. The number of carboxylic acids is 1. The first-order valence-electron chi connectivity index (χ1n) is 4.42. The molecule has 0 saturated heterocycles. The van der Waals surface area contributed by atoms with Gasteiger partial charge in [-0.15, -0.1) is 0 Å². The molecule has 13 heavy (non-hydrogen) atoms. The number of aromatic nitrogens is 2. The summed E-state index contributed by atoms with van der Waals surface area (Å²) in [7, 11) is 0. The Balaban J connectivity index is 2.14. The summed E-state index contributed by atoms with van der Waals surface area (Å²) < 4.78 is 1.78. The molecule has 0 bridgehead atoms. The summed E-state index contributed by atoms with van der Waals surface area (Å²) in [5.74, 6) is -0.941. The van der Waals surface area contributed by atoms with E-state index in [0.717, 1.165) is 18.4 Å². The Bertz CT molecular complexity index is 332. The van der Waals surface area contributed by atoms with E-state index < -0.39 is 5.97 Å². The molecule has 1 aromatic heterocycles. The molecule has 1 saturated carbocycles. The molecule has 0 spiro atoms. The van der Waals surface area contributed by atoms with E-state index in [1.807, 2.05) is 13.1 Å². The molecule has 0 amide bonds. The Kier molecular flexibility index (Phi) is 1.83. The van der Waals surface area contributed by atoms with Gasteiger partial charge in [-0.3, -0.25) is 9.48 Å². The summed E-state index contributed by atoms with van der Waals surface area (Å²) in [5, 5.41) is 13.0. The van der Waals surface area contributed by atoms with E-state index in [1.165, 1.54) is 0 Å². The molecule has 70 valence electrons. The van der Waals surface area contributed by atoms with Crippen molar-refractivity contribution in [1.29, 1.82) is 0 Å². The molecule has 0 radical (unpaired) electrons. The fourth-order valence-corrected chi connectivity index (χ4v) is 1.70. The predicted octanol–water partition coefficient (Wildman–Crippen LogP) is 1.23. The van der Waals surface area contributed by atoms with Crippen LogP contribution in [0, 0.1) is 12.8 Å². The van der Waals surface area contributed by atoms with Gasteiger partial charge in [0.1, 0.15) is 0 Å². The van der Waals surface area contributed by atoms with E-state index in [0.29, 0.717) is 0 Å². The van der Waals surface area contributed by atoms with Crippen LogP contribution in [0.1, 0.15) is 24.4 Å². The van der Waals surface area contributed by atoms with Crippen LogP contribution in [0.4, 0.5) is 0 Å². The van der Waals surface area contributed by atoms with Crippen molar-refractivity contribution in [1.82, 2.24) is 9.78 Å². The summed E-state index contributed by atoms with van der Waals surface area (Å²) in [6.07, 6.45) is 5.37. The number of carbonyl (C=O) groups is 1. The van der Waals surface area contributed by atoms with Crippen molar-refractivity contribution in [3.63, 3.8) is 0 Å². The lowest BCUT2D eigenvalue weighted by atomic mass is 9.80. The number of rotatable bonds is 2. The van der Waals surface area contributed by atoms with Crippen molar-refractivity contribution in [2.75, 3.05) is 0 Å². The Morgan fingerprint density at radius 1 is 1.69 bits per heavy atom. The number of aryl methyl sites for hydroxylation is 1. The summed E-state index contributed by atoms with van der Waals surface area (Å²) in [4.78, 5) is 10.7. The van der Waals surface area contributed by atoms with Crippen molar-refractivity contribution in [3.05, 3.63) is 18.0 Å². The SMILES string of the molecule is Cc1cnn(C2CCC2C(=O)O)c1. The van der Waals surface area contributed by atoms with Crippen molar-refractivity contribution < 1.29 is 9.90 Å². The molecular weight excluding hydrogens is 168 g/mol. The minimum absolute atomic E-state index is 0.0752. The molecule has 2 rings (SSSR count). The summed E-state index contributed by atoms with van der Waals surface area (Å²) >= 11 is 0. The Morgan fingerprint density at radius 3 is 2.85 bits per heavy atom. The molecule has 2 unspecified atom stereocenters. The number of nitrogens with zero attached hydrogens (tertiary/aromatic N) is 2. The Morgan fingerprint density at radius 2 is 2.46 bits per heavy atom. The highest BCUT2D eigenvalue weighted by Crippen LogP contribution is 2.38. The molecule has 4 heteroatoms. The molecule has 1 N–H and O–H groups in total. The average Bonchev–Trinajstić information content (AvgIpc) is 2.32. The van der Waals surface area contributed by atoms with Crippen LogP contribution in [0.3, 0.4) is 0 Å². The van der Waals surface area contributed by atoms with Crippen LogP contribution < -0.4 is 0 Å². The van der Waals surface area contributed by atoms with Gasteiger partial charge >= 0.3 is 5.97 Å². The van der Waals surface area contributed by atoms with Gasteiger partial charge < -0.3 is 5.11 Å². The number of hydrogen-bond donors (Lipinski definition) is 1. The monoisotopic (exact) mass is 180 g/mol. The summed E-state index contributed by atoms with van der Waals surface area (Å²) in [6, 6.07) is 0.0752. The highest BCUT2D eigenvalue weighted by molar-refractivity contribution is 5.71. The molecule has 2 atom stereocenters. The zero-order valence-electron chi connectivity index (χ0n) is 7.47. The van der Waals surface area contributed by atoms with E-state index in [1.54, 1.807) is 10.9 Å². The third kappa shape index (κ3) is 1.32. The zero-order valence-corrected chi connectivity index (χ0v) is 7.47. The summed E-state index contributed by atoms with van der Waals surface area (Å²) in [6.45, 7) is 1.96. The van der Waals surface area contributed by atoms with Crippen LogP contribution in [-0.2, 0) is 4.79 Å². The lowest BCUT2D eigenvalue weighted by Crippen LogP contribution is -2.35. The third-order valence-electron chi connectivity index (χ3n) is 2.63. The molecule has 1 heterocycles. The first kappa shape index (κ1) is 8.29. The average molecular weight is 180 g/mol. The van der Waals surface area contributed by atoms with Gasteiger partial charge in [0.05, 0.1) is 18.2 Å². The van der Waals surface area contributed by atoms with Crippen molar-refractivity contribution in [2.45, 2.75) is 25.8 Å². The number of hydrogen-bond acceptors (Lipinski definition) is 2. The minimum atomic E-state index is -0.704. The van der Waals surface area contributed by atoms with Crippen molar-refractivity contribution in [2.24, 2.45) is 5.92 Å². The second-order valence-electron chi connectivity index (χ2n) is 3.59. The van der Waals surface area contributed by atoms with E-state index in [2.05, 4.69) is 5.10 Å². The number of carboxylic acid groups (broad SMARTS) is 1. The van der Waals surface area contributed by atoms with Crippen LogP contribution in [0.15, 0.2) is 12.4 Å². The lowest BCUT2D eigenvalue weighted by Gasteiger charge is -2.33. The zero-order chi connectivity index (χ0) is 9.42. The van der Waals surface area contributed by atoms with E-state index in [-0.39, 0.29) is 12.0 Å². The molecule has 0 aromatic carbocycles. The second-order valence-corrected chi connectivity index (χ2v) is 3.59. The molecule has 1 aliphatic carbocycles. The lowest BCUT2D eigenvalue weighted by molar-refractivity contribution is -0.147. The summed E-state index contributed by atoms with van der Waals surface area (Å²) in [5.41, 5.74) is 1.08. The first-order valence-corrected chi connectivity index (χ1v) is 4.42. The normalized spacial score (nSPS) is 26.8. The quantitative estimate of drug-likeness (QED) is 0.744. The van der Waals surface area contributed by atoms with Crippen LogP contribution in [0.25, 0.3) is 0 Å². The molecule has 1 fully saturated rings. The predicted molar refractivity (Wildman–Crippen MR) is 46.4 cm³/mol. The molecular formula is C9H12N2O2. The topological polar surface area (TPSA) is 55.1 Å². The van der Waals surface area contributed by atoms with Gasteiger partial charge in [0.2, 0.25) is 0 Å². The first-order chi connectivity index (χ1) is 6.18. The van der Waals surface area contributed by atoms with Crippen molar-refractivity contribution >= 4 is 5.97 Å². The van der Waals surface area contributed by atoms with E-state index in [9.17, 15) is 4.79 Å². The van der Waals surface area contributed by atoms with Gasteiger partial charge in [-0.1, -0.05) is 0 Å². The van der Waals surface area contributed by atoms with Gasteiger partial charge in [0, 0.05) is 6.20 Å². The third-order valence-corrected chi connectivity index (χ3v) is 2.63. The fourth-order valence-electron chi connectivity index (χ4n) is 1.70. The molecule has 0 aliphatic heterocycles. The van der Waals surface area contributed by atoms with Crippen LogP contribution >= 0.6 is 0 Å². The maximum absolute atomic E-state index is 10.7. The van der Waals surface area contributed by atoms with Crippen molar-refractivity contribution in [3.8, 4) is 0 Å². The Hall–Kier alpha value is -1.32. The second kappa shape index (κ2) is 2.87. The van der Waals surface area contributed by atoms with Gasteiger partial charge in [-0.2, -0.15) is 5.10 Å². The molecule has 4 nitrogen and oxygen atoms in total. The highest BCUT2D eigenvalue weighted by atomic mass is 16.4. The van der Waals surface area contributed by atoms with Gasteiger partial charge in [0.25, 0.3) is 0 Å². The van der Waals surface area contributed by atoms with Gasteiger partial charge in [-0.05, 0) is 25.3 Å². The van der Waals surface area contributed by atoms with Crippen LogP contribution in [0.2, 0.25) is 0 Å². The largest absolute Gasteiger partial charge is 0.481 e. The standard InChI is InChI=1S/C9H12N2O2/c1-6-4-10-11(5-6)8-3-2-7(8)9(12)13/h4-5,7-8H,2-3H2,1H3,(H,12,13). The molecule has 1 aromatic rings. The minimum Gasteiger partial charge on any atom is -0.481 e. The van der Waals surface area contributed by atoms with Crippen LogP contribution in [-0.4, -0.2) is 20.9 Å². The highest BCUT2D eigenvalue weighted by Gasteiger charge is 2.38. The van der Waals surface area contributed by atoms with Gasteiger partial charge in [0.15, 0.2) is 0 Å². The fraction of sp³-hybridized carbons (Fsp3) is 0.556. The van der Waals surface area contributed by atoms with E-state index >= 15 is 0 Å². The van der Waals surface area contributed by atoms with Crippen LogP contribution in [0.5, 0.6) is 0 Å².